The van der Waals surface area contributed by atoms with Crippen LogP contribution in [0.1, 0.15) is 5.56 Å². The van der Waals surface area contributed by atoms with Gasteiger partial charge in [0.05, 0.1) is 28.1 Å². The molecular weight excluding hydrogens is 383 g/mol. The number of methoxy groups -OCH3 is 1. The zero-order valence-electron chi connectivity index (χ0n) is 12.8. The van der Waals surface area contributed by atoms with Crippen LogP contribution in [0.4, 0.5) is 0 Å². The Morgan fingerprint density at radius 2 is 1.96 bits per heavy atom. The molecule has 1 heterocycles. The number of benzene rings is 2. The van der Waals surface area contributed by atoms with Crippen LogP contribution in [-0.4, -0.2) is 20.5 Å². The van der Waals surface area contributed by atoms with E-state index in [1.807, 2.05) is 0 Å². The van der Waals surface area contributed by atoms with Crippen LogP contribution in [0, 0.1) is 11.3 Å². The molecule has 0 aliphatic rings. The lowest BCUT2D eigenvalue weighted by molar-refractivity contribution is 0.416. The number of pyridine rings is 1. The Balaban J connectivity index is 2.41. The first-order chi connectivity index (χ1) is 11.9. The van der Waals surface area contributed by atoms with Crippen LogP contribution in [0.3, 0.4) is 0 Å². The summed E-state index contributed by atoms with van der Waals surface area (Å²) in [4.78, 5) is 4.15. The molecule has 1 aromatic heterocycles. The third-order valence-corrected chi connectivity index (χ3v) is 5.44. The molecular formula is C17H10Cl2N2O3S. The van der Waals surface area contributed by atoms with Crippen molar-refractivity contribution in [3.05, 3.63) is 53.2 Å². The number of nitriles is 1. The van der Waals surface area contributed by atoms with E-state index in [4.69, 9.17) is 27.0 Å². The summed E-state index contributed by atoms with van der Waals surface area (Å²) >= 11 is 6.43. The molecule has 0 amide bonds. The molecule has 0 N–H and O–H groups in total. The van der Waals surface area contributed by atoms with Gasteiger partial charge in [-0.2, -0.15) is 5.26 Å². The van der Waals surface area contributed by atoms with Crippen LogP contribution in [-0.2, 0) is 9.05 Å². The number of rotatable bonds is 3. The minimum Gasteiger partial charge on any atom is -0.496 e. The minimum absolute atomic E-state index is 0.0966. The maximum atomic E-state index is 11.7. The molecule has 3 aromatic rings. The molecule has 8 heteroatoms. The molecule has 0 saturated carbocycles. The highest BCUT2D eigenvalue weighted by Crippen LogP contribution is 2.40. The summed E-state index contributed by atoms with van der Waals surface area (Å²) in [5.41, 5.74) is 1.64. The second-order valence-electron chi connectivity index (χ2n) is 5.09. The highest BCUT2D eigenvalue weighted by atomic mass is 35.7. The molecule has 0 spiro atoms. The van der Waals surface area contributed by atoms with Crippen LogP contribution in [0.15, 0.2) is 47.5 Å². The molecule has 3 rings (SSSR count). The second-order valence-corrected chi connectivity index (χ2v) is 8.04. The van der Waals surface area contributed by atoms with Crippen LogP contribution >= 0.6 is 22.3 Å². The molecule has 0 aliphatic heterocycles. The fourth-order valence-corrected chi connectivity index (χ4v) is 3.63. The molecule has 126 valence electrons. The van der Waals surface area contributed by atoms with E-state index >= 15 is 0 Å². The lowest BCUT2D eigenvalue weighted by atomic mass is 9.98. The Kier molecular flexibility index (Phi) is 4.56. The summed E-state index contributed by atoms with van der Waals surface area (Å²) in [6.07, 6.45) is 1.60. The second kappa shape index (κ2) is 6.52. The standard InChI is InChI=1S/C17H10Cl2N2O3S/c1-24-16-5-4-10(25(19,22)23)7-12(16)13-8-15-11(3-2-6-21-15)14(9-20)17(13)18/h2-8H,1H3. The van der Waals surface area contributed by atoms with E-state index in [1.165, 1.54) is 25.3 Å². The van der Waals surface area contributed by atoms with E-state index in [0.29, 0.717) is 27.8 Å². The van der Waals surface area contributed by atoms with Crippen molar-refractivity contribution in [2.45, 2.75) is 4.90 Å². The van der Waals surface area contributed by atoms with Crippen molar-refractivity contribution in [1.82, 2.24) is 4.98 Å². The van der Waals surface area contributed by atoms with Gasteiger partial charge in [-0.25, -0.2) is 8.42 Å². The number of hydrogen-bond acceptors (Lipinski definition) is 5. The van der Waals surface area contributed by atoms with E-state index in [1.54, 1.807) is 24.4 Å². The van der Waals surface area contributed by atoms with Gasteiger partial charge in [0.15, 0.2) is 0 Å². The molecule has 0 unspecified atom stereocenters. The van der Waals surface area contributed by atoms with Gasteiger partial charge in [-0.1, -0.05) is 11.6 Å². The minimum atomic E-state index is -3.94. The molecule has 0 bridgehead atoms. The normalized spacial score (nSPS) is 11.3. The van der Waals surface area contributed by atoms with Gasteiger partial charge in [-0.05, 0) is 36.4 Å². The first kappa shape index (κ1) is 17.5. The van der Waals surface area contributed by atoms with Crippen molar-refractivity contribution in [1.29, 1.82) is 5.26 Å². The predicted octanol–water partition coefficient (Wildman–Crippen LogP) is 4.36. The summed E-state index contributed by atoms with van der Waals surface area (Å²) in [7, 11) is 2.95. The molecule has 0 saturated heterocycles. The Hall–Kier alpha value is -2.33. The van der Waals surface area contributed by atoms with Gasteiger partial charge >= 0.3 is 0 Å². The van der Waals surface area contributed by atoms with E-state index in [9.17, 15) is 13.7 Å². The monoisotopic (exact) mass is 392 g/mol. The van der Waals surface area contributed by atoms with Crippen molar-refractivity contribution < 1.29 is 13.2 Å². The van der Waals surface area contributed by atoms with E-state index in [2.05, 4.69) is 11.1 Å². The molecule has 25 heavy (non-hydrogen) atoms. The lowest BCUT2D eigenvalue weighted by Crippen LogP contribution is -1.96. The molecule has 0 radical (unpaired) electrons. The molecule has 5 nitrogen and oxygen atoms in total. The summed E-state index contributed by atoms with van der Waals surface area (Å²) in [5, 5.41) is 10.3. The van der Waals surface area contributed by atoms with Crippen molar-refractivity contribution in [2.24, 2.45) is 0 Å². The fourth-order valence-electron chi connectivity index (χ4n) is 2.55. The number of hydrogen-bond donors (Lipinski definition) is 0. The average molecular weight is 393 g/mol. The van der Waals surface area contributed by atoms with Crippen molar-refractivity contribution in [3.8, 4) is 22.9 Å². The molecule has 0 fully saturated rings. The van der Waals surface area contributed by atoms with Gasteiger partial charge in [0.25, 0.3) is 9.05 Å². The molecule has 0 aliphatic carbocycles. The van der Waals surface area contributed by atoms with Crippen LogP contribution in [0.5, 0.6) is 5.75 Å². The molecule has 2 aromatic carbocycles. The summed E-state index contributed by atoms with van der Waals surface area (Å²) < 4.78 is 28.6. The van der Waals surface area contributed by atoms with E-state index < -0.39 is 9.05 Å². The lowest BCUT2D eigenvalue weighted by Gasteiger charge is -2.13. The number of nitrogens with zero attached hydrogens (tertiary/aromatic N) is 2. The Morgan fingerprint density at radius 1 is 1.20 bits per heavy atom. The van der Waals surface area contributed by atoms with Crippen molar-refractivity contribution >= 4 is 42.2 Å². The van der Waals surface area contributed by atoms with Gasteiger partial charge in [0.1, 0.15) is 11.8 Å². The summed E-state index contributed by atoms with van der Waals surface area (Å²) in [5.74, 6) is 0.394. The SMILES string of the molecule is COc1ccc(S(=O)(=O)Cl)cc1-c1cc2ncccc2c(C#N)c1Cl. The smallest absolute Gasteiger partial charge is 0.261 e. The maximum absolute atomic E-state index is 11.7. The Morgan fingerprint density at radius 3 is 2.60 bits per heavy atom. The van der Waals surface area contributed by atoms with E-state index in [-0.39, 0.29) is 15.5 Å². The van der Waals surface area contributed by atoms with Crippen molar-refractivity contribution in [3.63, 3.8) is 0 Å². The maximum Gasteiger partial charge on any atom is 0.261 e. The van der Waals surface area contributed by atoms with E-state index in [0.717, 1.165) is 0 Å². The van der Waals surface area contributed by atoms with Crippen LogP contribution in [0.25, 0.3) is 22.0 Å². The van der Waals surface area contributed by atoms with Gasteiger partial charge in [-0.15, -0.1) is 0 Å². The van der Waals surface area contributed by atoms with Crippen LogP contribution < -0.4 is 4.74 Å². The fraction of sp³-hybridized carbons (Fsp3) is 0.0588. The zero-order valence-corrected chi connectivity index (χ0v) is 15.2. The number of ether oxygens (including phenoxy) is 1. The van der Waals surface area contributed by atoms with Gasteiger partial charge < -0.3 is 4.74 Å². The van der Waals surface area contributed by atoms with Gasteiger partial charge in [0.2, 0.25) is 0 Å². The number of fused-ring (bicyclic) bond motifs is 1. The first-order valence-corrected chi connectivity index (χ1v) is 9.66. The largest absolute Gasteiger partial charge is 0.496 e. The highest BCUT2D eigenvalue weighted by molar-refractivity contribution is 8.13. The summed E-state index contributed by atoms with van der Waals surface area (Å²) in [6, 6.07) is 11.4. The quantitative estimate of drug-likeness (QED) is 0.618. The third-order valence-electron chi connectivity index (χ3n) is 3.70. The number of halogens is 2. The van der Waals surface area contributed by atoms with Gasteiger partial charge in [-0.3, -0.25) is 4.98 Å². The molecule has 0 atom stereocenters. The highest BCUT2D eigenvalue weighted by Gasteiger charge is 2.19. The average Bonchev–Trinajstić information content (AvgIpc) is 2.60. The topological polar surface area (TPSA) is 80.1 Å². The Bertz CT molecular complexity index is 1140. The first-order valence-electron chi connectivity index (χ1n) is 6.97. The van der Waals surface area contributed by atoms with Crippen LogP contribution in [0.2, 0.25) is 5.02 Å². The zero-order chi connectivity index (χ0) is 18.2. The number of aromatic nitrogens is 1. The summed E-state index contributed by atoms with van der Waals surface area (Å²) in [6.45, 7) is 0. The third kappa shape index (κ3) is 3.14. The van der Waals surface area contributed by atoms with Crippen molar-refractivity contribution in [2.75, 3.05) is 7.11 Å². The predicted molar refractivity (Wildman–Crippen MR) is 96.5 cm³/mol. The Labute approximate surface area is 153 Å². The van der Waals surface area contributed by atoms with Gasteiger partial charge in [0, 0.05) is 33.4 Å².